The molecule has 3 aromatic rings. The molecule has 0 radical (unpaired) electrons. The molecule has 0 saturated carbocycles. The molecule has 0 bridgehead atoms. The van der Waals surface area contributed by atoms with Crippen molar-refractivity contribution in [2.75, 3.05) is 0 Å². The van der Waals surface area contributed by atoms with Crippen LogP contribution in [0.3, 0.4) is 0 Å². The third kappa shape index (κ3) is 2.63. The number of aromatic hydroxyl groups is 1. The minimum absolute atomic E-state index is 0.0872. The molecule has 2 N–H and O–H groups in total. The molecule has 0 spiro atoms. The van der Waals surface area contributed by atoms with Gasteiger partial charge in [0.2, 0.25) is 0 Å². The van der Waals surface area contributed by atoms with Crippen LogP contribution in [0, 0.1) is 0 Å². The summed E-state index contributed by atoms with van der Waals surface area (Å²) in [6.07, 6.45) is 1.59. The first kappa shape index (κ1) is 14.1. The SMILES string of the molecule is CC(NC(=O)c1ccc2cccnc2c1O)c1ccccc1. The lowest BCUT2D eigenvalue weighted by molar-refractivity contribution is 0.0937. The molecule has 1 heterocycles. The third-order valence-electron chi connectivity index (χ3n) is 3.64. The molecule has 22 heavy (non-hydrogen) atoms. The van der Waals surface area contributed by atoms with Crippen molar-refractivity contribution in [3.63, 3.8) is 0 Å². The summed E-state index contributed by atoms with van der Waals surface area (Å²) in [5.41, 5.74) is 1.67. The Hall–Kier alpha value is -2.88. The van der Waals surface area contributed by atoms with E-state index in [0.717, 1.165) is 10.9 Å². The Kier molecular flexibility index (Phi) is 3.74. The largest absolute Gasteiger partial charge is 0.505 e. The maximum atomic E-state index is 12.4. The molecular formula is C18H16N2O2. The van der Waals surface area contributed by atoms with Gasteiger partial charge in [0.1, 0.15) is 5.52 Å². The summed E-state index contributed by atoms with van der Waals surface area (Å²) in [6.45, 7) is 1.91. The first-order chi connectivity index (χ1) is 10.7. The Morgan fingerprint density at radius 3 is 2.64 bits per heavy atom. The number of carbonyl (C=O) groups excluding carboxylic acids is 1. The second kappa shape index (κ2) is 5.85. The van der Waals surface area contributed by atoms with Gasteiger partial charge in [-0.3, -0.25) is 9.78 Å². The number of aromatic nitrogens is 1. The molecule has 2 aromatic carbocycles. The number of amides is 1. The number of phenols is 1. The normalized spacial score (nSPS) is 12.0. The van der Waals surface area contributed by atoms with Crippen LogP contribution in [0.4, 0.5) is 0 Å². The van der Waals surface area contributed by atoms with Crippen molar-refractivity contribution in [3.8, 4) is 5.75 Å². The monoisotopic (exact) mass is 292 g/mol. The van der Waals surface area contributed by atoms with E-state index in [0.29, 0.717) is 5.52 Å². The minimum Gasteiger partial charge on any atom is -0.505 e. The predicted molar refractivity (Wildman–Crippen MR) is 85.7 cm³/mol. The van der Waals surface area contributed by atoms with Crippen molar-refractivity contribution >= 4 is 16.8 Å². The van der Waals surface area contributed by atoms with Gasteiger partial charge in [0.25, 0.3) is 5.91 Å². The van der Waals surface area contributed by atoms with Gasteiger partial charge in [0, 0.05) is 11.6 Å². The first-order valence-corrected chi connectivity index (χ1v) is 7.09. The lowest BCUT2D eigenvalue weighted by Crippen LogP contribution is -2.26. The lowest BCUT2D eigenvalue weighted by Gasteiger charge is -2.15. The van der Waals surface area contributed by atoms with Crippen LogP contribution in [0.25, 0.3) is 10.9 Å². The van der Waals surface area contributed by atoms with Crippen molar-refractivity contribution in [1.29, 1.82) is 0 Å². The smallest absolute Gasteiger partial charge is 0.255 e. The Morgan fingerprint density at radius 1 is 1.09 bits per heavy atom. The van der Waals surface area contributed by atoms with Gasteiger partial charge in [-0.15, -0.1) is 0 Å². The van der Waals surface area contributed by atoms with Crippen molar-refractivity contribution in [3.05, 3.63) is 71.9 Å². The van der Waals surface area contributed by atoms with Crippen LogP contribution >= 0.6 is 0 Å². The molecule has 1 atom stereocenters. The Balaban J connectivity index is 1.88. The van der Waals surface area contributed by atoms with Gasteiger partial charge in [-0.2, -0.15) is 0 Å². The van der Waals surface area contributed by atoms with Gasteiger partial charge in [-0.1, -0.05) is 42.5 Å². The summed E-state index contributed by atoms with van der Waals surface area (Å²) in [5, 5.41) is 14.0. The zero-order valence-corrected chi connectivity index (χ0v) is 12.2. The van der Waals surface area contributed by atoms with E-state index in [1.54, 1.807) is 24.4 Å². The molecule has 4 nitrogen and oxygen atoms in total. The van der Waals surface area contributed by atoms with E-state index in [4.69, 9.17) is 0 Å². The number of pyridine rings is 1. The lowest BCUT2D eigenvalue weighted by atomic mass is 10.1. The number of nitrogens with zero attached hydrogens (tertiary/aromatic N) is 1. The van der Waals surface area contributed by atoms with Gasteiger partial charge < -0.3 is 10.4 Å². The Morgan fingerprint density at radius 2 is 1.86 bits per heavy atom. The van der Waals surface area contributed by atoms with Gasteiger partial charge in [0.15, 0.2) is 5.75 Å². The molecule has 110 valence electrons. The highest BCUT2D eigenvalue weighted by Gasteiger charge is 2.16. The summed E-state index contributed by atoms with van der Waals surface area (Å²) >= 11 is 0. The average Bonchev–Trinajstić information content (AvgIpc) is 2.56. The number of benzene rings is 2. The molecular weight excluding hydrogens is 276 g/mol. The van der Waals surface area contributed by atoms with Crippen LogP contribution in [-0.4, -0.2) is 16.0 Å². The van der Waals surface area contributed by atoms with Crippen molar-refractivity contribution in [2.45, 2.75) is 13.0 Å². The van der Waals surface area contributed by atoms with Crippen molar-refractivity contribution < 1.29 is 9.90 Å². The van der Waals surface area contributed by atoms with Gasteiger partial charge in [-0.05, 0) is 24.6 Å². The number of rotatable bonds is 3. The fourth-order valence-electron chi connectivity index (χ4n) is 2.41. The molecule has 1 aromatic heterocycles. The minimum atomic E-state index is -0.318. The fraction of sp³-hybridized carbons (Fsp3) is 0.111. The van der Waals surface area contributed by atoms with Gasteiger partial charge >= 0.3 is 0 Å². The van der Waals surface area contributed by atoms with Crippen LogP contribution in [0.2, 0.25) is 0 Å². The summed E-state index contributed by atoms with van der Waals surface area (Å²) in [4.78, 5) is 16.5. The Bertz CT molecular complexity index is 816. The number of phenolic OH excluding ortho intramolecular Hbond substituents is 1. The van der Waals surface area contributed by atoms with Crippen LogP contribution in [0.5, 0.6) is 5.75 Å². The number of carbonyl (C=O) groups is 1. The molecule has 1 unspecified atom stereocenters. The van der Waals surface area contributed by atoms with Crippen LogP contribution in [0.15, 0.2) is 60.8 Å². The molecule has 0 aliphatic heterocycles. The van der Waals surface area contributed by atoms with Crippen molar-refractivity contribution in [2.24, 2.45) is 0 Å². The molecule has 0 aliphatic carbocycles. The van der Waals surface area contributed by atoms with Crippen molar-refractivity contribution in [1.82, 2.24) is 10.3 Å². The molecule has 1 amide bonds. The fourth-order valence-corrected chi connectivity index (χ4v) is 2.41. The highest BCUT2D eigenvalue weighted by Crippen LogP contribution is 2.27. The standard InChI is InChI=1S/C18H16N2O2/c1-12(13-6-3-2-4-7-13)20-18(22)15-10-9-14-8-5-11-19-16(14)17(15)21/h2-12,21H,1H3,(H,20,22). The second-order valence-corrected chi connectivity index (χ2v) is 5.14. The maximum absolute atomic E-state index is 12.4. The third-order valence-corrected chi connectivity index (χ3v) is 3.64. The van der Waals surface area contributed by atoms with E-state index >= 15 is 0 Å². The first-order valence-electron chi connectivity index (χ1n) is 7.09. The number of nitrogens with one attached hydrogen (secondary N) is 1. The van der Waals surface area contributed by atoms with E-state index in [1.807, 2.05) is 43.3 Å². The molecule has 3 rings (SSSR count). The molecule has 4 heteroatoms. The quantitative estimate of drug-likeness (QED) is 0.777. The van der Waals surface area contributed by atoms with E-state index in [1.165, 1.54) is 0 Å². The highest BCUT2D eigenvalue weighted by molar-refractivity contribution is 6.02. The summed E-state index contributed by atoms with van der Waals surface area (Å²) < 4.78 is 0. The van der Waals surface area contributed by atoms with Crippen LogP contribution in [0.1, 0.15) is 28.9 Å². The zero-order chi connectivity index (χ0) is 15.5. The predicted octanol–water partition coefficient (Wildman–Crippen LogP) is 3.43. The average molecular weight is 292 g/mol. The van der Waals surface area contributed by atoms with E-state index in [9.17, 15) is 9.90 Å². The zero-order valence-electron chi connectivity index (χ0n) is 12.2. The summed E-state index contributed by atoms with van der Waals surface area (Å²) in [7, 11) is 0. The van der Waals surface area contributed by atoms with Gasteiger partial charge in [-0.25, -0.2) is 0 Å². The van der Waals surface area contributed by atoms with Gasteiger partial charge in [0.05, 0.1) is 11.6 Å². The number of fused-ring (bicyclic) bond motifs is 1. The molecule has 0 saturated heterocycles. The van der Waals surface area contributed by atoms with E-state index in [-0.39, 0.29) is 23.3 Å². The van der Waals surface area contributed by atoms with Crippen LogP contribution < -0.4 is 5.32 Å². The second-order valence-electron chi connectivity index (χ2n) is 5.14. The van der Waals surface area contributed by atoms with E-state index < -0.39 is 0 Å². The number of hydrogen-bond donors (Lipinski definition) is 2. The molecule has 0 fully saturated rings. The van der Waals surface area contributed by atoms with Crippen LogP contribution in [-0.2, 0) is 0 Å². The maximum Gasteiger partial charge on any atom is 0.255 e. The molecule has 0 aliphatic rings. The number of hydrogen-bond acceptors (Lipinski definition) is 3. The summed E-state index contributed by atoms with van der Waals surface area (Å²) in [5.74, 6) is -0.405. The highest BCUT2D eigenvalue weighted by atomic mass is 16.3. The Labute approximate surface area is 128 Å². The topological polar surface area (TPSA) is 62.2 Å². The van der Waals surface area contributed by atoms with E-state index in [2.05, 4.69) is 10.3 Å². The summed E-state index contributed by atoms with van der Waals surface area (Å²) in [6, 6.07) is 16.6.